The molecular formula is C18H19N2O5S2-. The topological polar surface area (TPSA) is 95.7 Å². The van der Waals surface area contributed by atoms with Crippen molar-refractivity contribution in [2.24, 2.45) is 5.92 Å². The van der Waals surface area contributed by atoms with Crippen LogP contribution in [0.2, 0.25) is 0 Å². The number of ether oxygens (including phenoxy) is 1. The van der Waals surface area contributed by atoms with Gasteiger partial charge in [-0.15, -0.1) is 0 Å². The fourth-order valence-corrected chi connectivity index (χ4v) is 4.74. The fraction of sp³-hybridized carbons (Fsp3) is 0.444. The van der Waals surface area contributed by atoms with Crippen molar-refractivity contribution in [1.82, 2.24) is 4.90 Å². The zero-order chi connectivity index (χ0) is 19.6. The van der Waals surface area contributed by atoms with Crippen LogP contribution in [-0.2, 0) is 4.79 Å². The molecule has 1 saturated carbocycles. The maximum atomic E-state index is 12.7. The van der Waals surface area contributed by atoms with Crippen LogP contribution in [0.5, 0.6) is 11.5 Å². The van der Waals surface area contributed by atoms with Gasteiger partial charge in [-0.3, -0.25) is 19.8 Å². The van der Waals surface area contributed by atoms with E-state index in [0.717, 1.165) is 12.5 Å². The van der Waals surface area contributed by atoms with E-state index < -0.39 is 16.4 Å². The van der Waals surface area contributed by atoms with Crippen molar-refractivity contribution in [3.05, 3.63) is 32.7 Å². The van der Waals surface area contributed by atoms with E-state index in [1.54, 1.807) is 4.90 Å². The third-order valence-corrected chi connectivity index (χ3v) is 6.26. The number of amides is 1. The lowest BCUT2D eigenvalue weighted by Crippen LogP contribution is -2.30. The van der Waals surface area contributed by atoms with Crippen molar-refractivity contribution in [3.63, 3.8) is 0 Å². The van der Waals surface area contributed by atoms with Crippen LogP contribution in [0.15, 0.2) is 17.0 Å². The lowest BCUT2D eigenvalue weighted by molar-refractivity contribution is -0.398. The molecule has 1 heterocycles. The van der Waals surface area contributed by atoms with Crippen molar-refractivity contribution in [2.45, 2.75) is 32.1 Å². The summed E-state index contributed by atoms with van der Waals surface area (Å²) < 4.78 is 5.42. The summed E-state index contributed by atoms with van der Waals surface area (Å²) in [6.45, 7) is 0.593. The molecule has 1 aliphatic carbocycles. The summed E-state index contributed by atoms with van der Waals surface area (Å²) in [7, 11) is 1.27. The zero-order valence-corrected chi connectivity index (χ0v) is 16.4. The van der Waals surface area contributed by atoms with Gasteiger partial charge in [0.1, 0.15) is 10.1 Å². The van der Waals surface area contributed by atoms with E-state index in [1.165, 1.54) is 56.7 Å². The van der Waals surface area contributed by atoms with Gasteiger partial charge in [-0.2, -0.15) is 0 Å². The SMILES string of the molecule is COc1cc(/C=C2\SC(=S)N(CCC3CCCC3)C2=O)cc([N+](=O)[O-])c1[O-]. The number of thioether (sulfide) groups is 1. The highest BCUT2D eigenvalue weighted by Gasteiger charge is 2.32. The molecule has 9 heteroatoms. The number of nitro benzene ring substituents is 1. The number of hydrogen-bond donors (Lipinski definition) is 0. The third kappa shape index (κ3) is 4.24. The normalized spacial score (nSPS) is 19.3. The van der Waals surface area contributed by atoms with Crippen LogP contribution in [0.25, 0.3) is 6.08 Å². The van der Waals surface area contributed by atoms with E-state index in [0.29, 0.717) is 27.3 Å². The molecule has 1 saturated heterocycles. The molecule has 0 spiro atoms. The van der Waals surface area contributed by atoms with Crippen LogP contribution in [0.3, 0.4) is 0 Å². The quantitative estimate of drug-likeness (QED) is 0.308. The van der Waals surface area contributed by atoms with Gasteiger partial charge >= 0.3 is 0 Å². The lowest BCUT2D eigenvalue weighted by Gasteiger charge is -2.17. The standard InChI is InChI=1S/C18H20N2O5S2/c1-25-14-9-12(8-13(16(14)21)20(23)24)10-15-17(22)19(18(26)27-15)7-6-11-4-2-3-5-11/h8-11,21H,2-7H2,1H3/p-1/b15-10-. The third-order valence-electron chi connectivity index (χ3n) is 4.88. The molecule has 0 N–H and O–H groups in total. The molecule has 0 aromatic heterocycles. The summed E-state index contributed by atoms with van der Waals surface area (Å²) in [6.07, 6.45) is 7.36. The monoisotopic (exact) mass is 407 g/mol. The number of thiocarbonyl (C=S) groups is 1. The first-order valence-electron chi connectivity index (χ1n) is 8.69. The Bertz CT molecular complexity index is 818. The second-order valence-corrected chi connectivity index (χ2v) is 8.28. The summed E-state index contributed by atoms with van der Waals surface area (Å²) in [4.78, 5) is 25.0. The molecule has 0 radical (unpaired) electrons. The maximum absolute atomic E-state index is 12.7. The van der Waals surface area contributed by atoms with Gasteiger partial charge in [0.15, 0.2) is 0 Å². The second kappa shape index (κ2) is 8.26. The van der Waals surface area contributed by atoms with E-state index in [2.05, 4.69) is 0 Å². The Hall–Kier alpha value is -2.13. The van der Waals surface area contributed by atoms with Gasteiger partial charge in [0.25, 0.3) is 11.6 Å². The minimum atomic E-state index is -0.788. The highest BCUT2D eigenvalue weighted by Crippen LogP contribution is 2.38. The number of methoxy groups -OCH3 is 1. The van der Waals surface area contributed by atoms with E-state index >= 15 is 0 Å². The number of nitro groups is 1. The molecule has 1 aliphatic heterocycles. The Kier molecular flexibility index (Phi) is 6.01. The highest BCUT2D eigenvalue weighted by atomic mass is 32.2. The van der Waals surface area contributed by atoms with Crippen molar-refractivity contribution in [1.29, 1.82) is 0 Å². The van der Waals surface area contributed by atoms with Crippen molar-refractivity contribution >= 4 is 46.0 Å². The minimum absolute atomic E-state index is 0.132. The van der Waals surface area contributed by atoms with Crippen LogP contribution >= 0.6 is 24.0 Å². The molecule has 2 fully saturated rings. The van der Waals surface area contributed by atoms with E-state index in [9.17, 15) is 20.0 Å². The summed E-state index contributed by atoms with van der Waals surface area (Å²) in [6, 6.07) is 2.54. The Morgan fingerprint density at radius 2 is 2.11 bits per heavy atom. The van der Waals surface area contributed by atoms with Crippen LogP contribution in [0, 0.1) is 16.0 Å². The van der Waals surface area contributed by atoms with E-state index in [1.807, 2.05) is 0 Å². The van der Waals surface area contributed by atoms with Gasteiger partial charge in [0.2, 0.25) is 0 Å². The largest absolute Gasteiger partial charge is 0.865 e. The van der Waals surface area contributed by atoms with Crippen molar-refractivity contribution in [2.75, 3.05) is 13.7 Å². The number of benzene rings is 1. The minimum Gasteiger partial charge on any atom is -0.865 e. The summed E-state index contributed by atoms with van der Waals surface area (Å²) in [5.41, 5.74) is -0.230. The van der Waals surface area contributed by atoms with E-state index in [4.69, 9.17) is 17.0 Å². The van der Waals surface area contributed by atoms with Crippen LogP contribution in [0.4, 0.5) is 5.69 Å². The fourth-order valence-electron chi connectivity index (χ4n) is 3.43. The summed E-state index contributed by atoms with van der Waals surface area (Å²) in [5, 5.41) is 23.0. The van der Waals surface area contributed by atoms with E-state index in [-0.39, 0.29) is 11.7 Å². The molecule has 0 unspecified atom stereocenters. The van der Waals surface area contributed by atoms with Crippen LogP contribution < -0.4 is 9.84 Å². The molecule has 1 amide bonds. The van der Waals surface area contributed by atoms with Crippen molar-refractivity contribution < 1.29 is 19.6 Å². The summed E-state index contributed by atoms with van der Waals surface area (Å²) >= 11 is 6.50. The Morgan fingerprint density at radius 3 is 2.74 bits per heavy atom. The van der Waals surface area contributed by atoms with Gasteiger partial charge in [-0.1, -0.05) is 49.7 Å². The average Bonchev–Trinajstić information content (AvgIpc) is 3.23. The molecule has 0 bridgehead atoms. The Morgan fingerprint density at radius 1 is 1.41 bits per heavy atom. The molecular weight excluding hydrogens is 388 g/mol. The zero-order valence-electron chi connectivity index (χ0n) is 14.8. The summed E-state index contributed by atoms with van der Waals surface area (Å²) in [5.74, 6) is -0.470. The highest BCUT2D eigenvalue weighted by molar-refractivity contribution is 8.26. The first kappa shape index (κ1) is 19.6. The second-order valence-electron chi connectivity index (χ2n) is 6.60. The molecule has 1 aromatic carbocycles. The number of rotatable bonds is 6. The predicted octanol–water partition coefficient (Wildman–Crippen LogP) is 3.46. The molecule has 1 aromatic rings. The molecule has 7 nitrogen and oxygen atoms in total. The first-order valence-corrected chi connectivity index (χ1v) is 9.92. The van der Waals surface area contributed by atoms with Gasteiger partial charge in [0.05, 0.1) is 16.9 Å². The predicted molar refractivity (Wildman–Crippen MR) is 106 cm³/mol. The van der Waals surface area contributed by atoms with Gasteiger partial charge in [0, 0.05) is 18.4 Å². The Balaban J connectivity index is 1.80. The van der Waals surface area contributed by atoms with Gasteiger partial charge in [-0.25, -0.2) is 0 Å². The smallest absolute Gasteiger partial charge is 0.266 e. The lowest BCUT2D eigenvalue weighted by atomic mass is 10.0. The average molecular weight is 407 g/mol. The first-order chi connectivity index (χ1) is 12.9. The molecule has 27 heavy (non-hydrogen) atoms. The van der Waals surface area contributed by atoms with Crippen LogP contribution in [-0.4, -0.2) is 33.7 Å². The number of carbonyl (C=O) groups is 1. The van der Waals surface area contributed by atoms with Crippen LogP contribution in [0.1, 0.15) is 37.7 Å². The molecule has 0 atom stereocenters. The Labute approximate surface area is 166 Å². The van der Waals surface area contributed by atoms with Crippen molar-refractivity contribution in [3.8, 4) is 11.5 Å². The van der Waals surface area contributed by atoms with Gasteiger partial charge in [-0.05, 0) is 30.0 Å². The molecule has 144 valence electrons. The molecule has 3 rings (SSSR count). The number of hydrogen-bond acceptors (Lipinski definition) is 7. The van der Waals surface area contributed by atoms with Gasteiger partial charge < -0.3 is 9.84 Å². The number of nitrogens with zero attached hydrogens (tertiary/aromatic N) is 2. The molecule has 2 aliphatic rings. The number of carbonyl (C=O) groups excluding carboxylic acids is 1. The maximum Gasteiger partial charge on any atom is 0.266 e.